The number of carbonyl (C=O) groups is 1. The van der Waals surface area contributed by atoms with Crippen molar-refractivity contribution in [3.05, 3.63) is 70.2 Å². The average molecular weight is 375 g/mol. The number of fused-ring (bicyclic) bond motifs is 1. The fraction of sp³-hybridized carbons (Fsp3) is 0.167. The Labute approximate surface area is 153 Å². The van der Waals surface area contributed by atoms with Crippen LogP contribution in [0.15, 0.2) is 64.5 Å². The number of ether oxygens (including phenoxy) is 1. The Kier molecular flexibility index (Phi) is 5.73. The number of rotatable bonds is 6. The quantitative estimate of drug-likeness (QED) is 0.489. The molecule has 0 fully saturated rings. The molecule has 3 aromatic rings. The fourth-order valence-corrected chi connectivity index (χ4v) is 3.06. The average Bonchev–Trinajstić information content (AvgIpc) is 2.63. The van der Waals surface area contributed by atoms with E-state index in [-0.39, 0.29) is 30.4 Å². The summed E-state index contributed by atoms with van der Waals surface area (Å²) < 4.78 is 6.63. The highest BCUT2D eigenvalue weighted by Crippen LogP contribution is 2.20. The Hall–Kier alpha value is -2.31. The summed E-state index contributed by atoms with van der Waals surface area (Å²) in [7, 11) is 0. The van der Waals surface area contributed by atoms with Crippen LogP contribution in [0.25, 0.3) is 10.9 Å². The standard InChI is InChI=1S/C18H15ClN2O3S/c19-13-5-7-14(8-6-13)25-11-17(22)24-10-9-21-12-20-16-4-2-1-3-15(16)18(21)23/h1-8,12H,9-11H2. The summed E-state index contributed by atoms with van der Waals surface area (Å²) >= 11 is 7.19. The highest BCUT2D eigenvalue weighted by atomic mass is 35.5. The minimum atomic E-state index is -0.332. The van der Waals surface area contributed by atoms with Crippen molar-refractivity contribution in [2.24, 2.45) is 0 Å². The third kappa shape index (κ3) is 4.61. The maximum absolute atomic E-state index is 12.3. The number of benzene rings is 2. The maximum atomic E-state index is 12.3. The summed E-state index contributed by atoms with van der Waals surface area (Å²) in [5.41, 5.74) is 0.511. The van der Waals surface area contributed by atoms with E-state index in [1.54, 1.807) is 30.3 Å². The molecule has 0 amide bonds. The van der Waals surface area contributed by atoms with Crippen molar-refractivity contribution in [2.75, 3.05) is 12.4 Å². The first-order valence-electron chi connectivity index (χ1n) is 7.61. The molecular formula is C18H15ClN2O3S. The number of hydrogen-bond donors (Lipinski definition) is 0. The Morgan fingerprint density at radius 2 is 1.92 bits per heavy atom. The first-order chi connectivity index (χ1) is 12.1. The van der Waals surface area contributed by atoms with Gasteiger partial charge >= 0.3 is 5.97 Å². The molecule has 0 bridgehead atoms. The van der Waals surface area contributed by atoms with Crippen LogP contribution in [-0.4, -0.2) is 27.9 Å². The molecule has 7 heteroatoms. The number of hydrogen-bond acceptors (Lipinski definition) is 5. The molecular weight excluding hydrogens is 360 g/mol. The third-order valence-corrected chi connectivity index (χ3v) is 4.73. The molecule has 0 aliphatic rings. The number of carbonyl (C=O) groups excluding carboxylic acids is 1. The summed E-state index contributed by atoms with van der Waals surface area (Å²) in [6, 6.07) is 14.4. The van der Waals surface area contributed by atoms with E-state index < -0.39 is 0 Å². The van der Waals surface area contributed by atoms with Crippen LogP contribution in [0.5, 0.6) is 0 Å². The largest absolute Gasteiger partial charge is 0.463 e. The molecule has 25 heavy (non-hydrogen) atoms. The van der Waals surface area contributed by atoms with Gasteiger partial charge < -0.3 is 4.74 Å². The van der Waals surface area contributed by atoms with E-state index in [0.29, 0.717) is 15.9 Å². The van der Waals surface area contributed by atoms with Gasteiger partial charge in [0.25, 0.3) is 5.56 Å². The van der Waals surface area contributed by atoms with Crippen molar-refractivity contribution >= 4 is 40.2 Å². The lowest BCUT2D eigenvalue weighted by Crippen LogP contribution is -2.23. The lowest BCUT2D eigenvalue weighted by Gasteiger charge is -2.08. The van der Waals surface area contributed by atoms with E-state index in [0.717, 1.165) is 4.90 Å². The molecule has 0 aliphatic carbocycles. The van der Waals surface area contributed by atoms with Crippen molar-refractivity contribution in [1.82, 2.24) is 9.55 Å². The van der Waals surface area contributed by atoms with E-state index in [4.69, 9.17) is 16.3 Å². The number of thioether (sulfide) groups is 1. The molecule has 1 aromatic heterocycles. The molecule has 3 rings (SSSR count). The van der Waals surface area contributed by atoms with Crippen LogP contribution < -0.4 is 5.56 Å². The van der Waals surface area contributed by atoms with Gasteiger partial charge in [-0.2, -0.15) is 0 Å². The third-order valence-electron chi connectivity index (χ3n) is 3.50. The lowest BCUT2D eigenvalue weighted by molar-refractivity contribution is -0.140. The van der Waals surface area contributed by atoms with Crippen molar-refractivity contribution in [2.45, 2.75) is 11.4 Å². The second-order valence-electron chi connectivity index (χ2n) is 5.22. The molecule has 2 aromatic carbocycles. The van der Waals surface area contributed by atoms with Crippen LogP contribution in [0.2, 0.25) is 5.02 Å². The summed E-state index contributed by atoms with van der Waals surface area (Å²) in [6.45, 7) is 0.397. The van der Waals surface area contributed by atoms with Crippen molar-refractivity contribution < 1.29 is 9.53 Å². The predicted octanol–water partition coefficient (Wildman–Crippen LogP) is 3.39. The van der Waals surface area contributed by atoms with Crippen LogP contribution >= 0.6 is 23.4 Å². The smallest absolute Gasteiger partial charge is 0.316 e. The zero-order chi connectivity index (χ0) is 17.6. The molecule has 0 aliphatic heterocycles. The molecule has 5 nitrogen and oxygen atoms in total. The molecule has 0 radical (unpaired) electrons. The van der Waals surface area contributed by atoms with Crippen LogP contribution in [0.1, 0.15) is 0 Å². The SMILES string of the molecule is O=C(CSc1ccc(Cl)cc1)OCCn1cnc2ccccc2c1=O. The minimum absolute atomic E-state index is 0.125. The highest BCUT2D eigenvalue weighted by molar-refractivity contribution is 8.00. The highest BCUT2D eigenvalue weighted by Gasteiger charge is 2.07. The van der Waals surface area contributed by atoms with E-state index in [1.807, 2.05) is 18.2 Å². The van der Waals surface area contributed by atoms with E-state index in [9.17, 15) is 9.59 Å². The second kappa shape index (κ2) is 8.18. The van der Waals surface area contributed by atoms with E-state index >= 15 is 0 Å². The van der Waals surface area contributed by atoms with Gasteiger partial charge in [0.15, 0.2) is 0 Å². The van der Waals surface area contributed by atoms with Crippen LogP contribution in [-0.2, 0) is 16.1 Å². The van der Waals surface area contributed by atoms with Gasteiger partial charge in [0, 0.05) is 9.92 Å². The first kappa shape index (κ1) is 17.5. The minimum Gasteiger partial charge on any atom is -0.463 e. The lowest BCUT2D eigenvalue weighted by atomic mass is 10.2. The molecule has 0 saturated heterocycles. The summed E-state index contributed by atoms with van der Waals surface area (Å²) in [5.74, 6) is -0.131. The summed E-state index contributed by atoms with van der Waals surface area (Å²) in [5, 5.41) is 1.20. The zero-order valence-corrected chi connectivity index (χ0v) is 14.8. The molecule has 1 heterocycles. The van der Waals surface area contributed by atoms with E-state index in [2.05, 4.69) is 4.98 Å². The van der Waals surface area contributed by atoms with Crippen LogP contribution in [0, 0.1) is 0 Å². The molecule has 128 valence electrons. The summed E-state index contributed by atoms with van der Waals surface area (Å²) in [4.78, 5) is 29.3. The van der Waals surface area contributed by atoms with Gasteiger partial charge in [-0.1, -0.05) is 23.7 Å². The van der Waals surface area contributed by atoms with E-state index in [1.165, 1.54) is 22.7 Å². The van der Waals surface area contributed by atoms with Gasteiger partial charge in [-0.15, -0.1) is 11.8 Å². The van der Waals surface area contributed by atoms with Crippen molar-refractivity contribution in [1.29, 1.82) is 0 Å². The van der Waals surface area contributed by atoms with Crippen LogP contribution in [0.3, 0.4) is 0 Å². The Bertz CT molecular complexity index is 941. The van der Waals surface area contributed by atoms with Gasteiger partial charge in [0.2, 0.25) is 0 Å². The van der Waals surface area contributed by atoms with Crippen molar-refractivity contribution in [3.63, 3.8) is 0 Å². The number of para-hydroxylation sites is 1. The zero-order valence-electron chi connectivity index (χ0n) is 13.2. The van der Waals surface area contributed by atoms with Gasteiger partial charge in [0.05, 0.1) is 29.5 Å². The monoisotopic (exact) mass is 374 g/mol. The molecule has 0 unspecified atom stereocenters. The van der Waals surface area contributed by atoms with Gasteiger partial charge in [0.1, 0.15) is 6.61 Å². The normalized spacial score (nSPS) is 10.8. The fourth-order valence-electron chi connectivity index (χ4n) is 2.24. The van der Waals surface area contributed by atoms with Gasteiger partial charge in [-0.25, -0.2) is 4.98 Å². The number of halogens is 1. The molecule has 0 atom stereocenters. The predicted molar refractivity (Wildman–Crippen MR) is 99.1 cm³/mol. The topological polar surface area (TPSA) is 61.2 Å². The first-order valence-corrected chi connectivity index (χ1v) is 8.98. The number of aromatic nitrogens is 2. The maximum Gasteiger partial charge on any atom is 0.316 e. The number of nitrogens with zero attached hydrogens (tertiary/aromatic N) is 2. The summed E-state index contributed by atoms with van der Waals surface area (Å²) in [6.07, 6.45) is 1.47. The Balaban J connectivity index is 1.51. The molecule has 0 spiro atoms. The van der Waals surface area contributed by atoms with Gasteiger partial charge in [-0.05, 0) is 36.4 Å². The molecule has 0 saturated carbocycles. The second-order valence-corrected chi connectivity index (χ2v) is 6.71. The van der Waals surface area contributed by atoms with Gasteiger partial charge in [-0.3, -0.25) is 14.2 Å². The Morgan fingerprint density at radius 3 is 2.72 bits per heavy atom. The van der Waals surface area contributed by atoms with Crippen molar-refractivity contribution in [3.8, 4) is 0 Å². The Morgan fingerprint density at radius 1 is 1.16 bits per heavy atom. The van der Waals surface area contributed by atoms with Crippen LogP contribution in [0.4, 0.5) is 0 Å². The molecule has 0 N–H and O–H groups in total. The number of esters is 1.